The first kappa shape index (κ1) is 18.8. The Bertz CT molecular complexity index is 1130. The first-order valence-corrected chi connectivity index (χ1v) is 9.76. The number of fused-ring (bicyclic) bond motifs is 1. The van der Waals surface area contributed by atoms with Crippen molar-refractivity contribution in [3.8, 4) is 5.75 Å². The summed E-state index contributed by atoms with van der Waals surface area (Å²) in [7, 11) is 1.69. The van der Waals surface area contributed by atoms with Gasteiger partial charge < -0.3 is 14.7 Å². The minimum absolute atomic E-state index is 0.614. The van der Waals surface area contributed by atoms with Crippen LogP contribution in [0.5, 0.6) is 5.75 Å². The van der Waals surface area contributed by atoms with Crippen LogP contribution in [-0.2, 0) is 13.1 Å². The molecule has 0 unspecified atom stereocenters. The summed E-state index contributed by atoms with van der Waals surface area (Å²) in [6.07, 6.45) is 4.06. The molecule has 0 saturated carbocycles. The zero-order valence-electron chi connectivity index (χ0n) is 16.8. The van der Waals surface area contributed by atoms with Crippen LogP contribution in [0.15, 0.2) is 84.1 Å². The third kappa shape index (κ3) is 4.32. The second-order valence-corrected chi connectivity index (χ2v) is 7.12. The zero-order valence-corrected chi connectivity index (χ0v) is 16.8. The maximum atomic E-state index is 5.39. The van der Waals surface area contributed by atoms with Gasteiger partial charge in [0.25, 0.3) is 0 Å². The lowest BCUT2D eigenvalue weighted by Crippen LogP contribution is -2.06. The Morgan fingerprint density at radius 2 is 1.72 bits per heavy atom. The highest BCUT2D eigenvalue weighted by atomic mass is 16.5. The van der Waals surface area contributed by atoms with E-state index in [9.17, 15) is 0 Å². The number of benzene rings is 3. The van der Waals surface area contributed by atoms with Gasteiger partial charge in [0.2, 0.25) is 0 Å². The van der Waals surface area contributed by atoms with Crippen LogP contribution in [0.3, 0.4) is 0 Å². The summed E-state index contributed by atoms with van der Waals surface area (Å²) in [5.41, 5.74) is 9.08. The van der Waals surface area contributed by atoms with Crippen molar-refractivity contribution in [2.24, 2.45) is 5.10 Å². The molecule has 4 aromatic rings. The van der Waals surface area contributed by atoms with Crippen LogP contribution in [0.4, 0.5) is 0 Å². The van der Waals surface area contributed by atoms with Gasteiger partial charge in [0.15, 0.2) is 0 Å². The molecule has 0 aliphatic rings. The Labute approximate surface area is 171 Å². The quantitative estimate of drug-likeness (QED) is 0.355. The highest BCUT2D eigenvalue weighted by Crippen LogP contribution is 2.21. The standard InChI is InChI=1S/C25H25N3O/c1-19-11-13-20(14-12-19)17-28-18-22(23-8-4-5-9-24(23)28)16-27-26-15-21-7-3-6-10-25(21)29-2/h3-14,16,18,26H,15,17H2,1-2H3/b27-16-. The third-order valence-corrected chi connectivity index (χ3v) is 5.05. The van der Waals surface area contributed by atoms with Crippen molar-refractivity contribution in [2.75, 3.05) is 7.11 Å². The summed E-state index contributed by atoms with van der Waals surface area (Å²) in [5, 5.41) is 5.65. The van der Waals surface area contributed by atoms with Gasteiger partial charge in [-0.3, -0.25) is 0 Å². The molecule has 1 N–H and O–H groups in total. The van der Waals surface area contributed by atoms with Crippen molar-refractivity contribution in [3.63, 3.8) is 0 Å². The largest absolute Gasteiger partial charge is 0.496 e. The fraction of sp³-hybridized carbons (Fsp3) is 0.160. The SMILES string of the molecule is COc1ccccc1CN/N=C\c1cn(Cc2ccc(C)cc2)c2ccccc12. The van der Waals surface area contributed by atoms with E-state index in [4.69, 9.17) is 4.74 Å². The number of nitrogens with zero attached hydrogens (tertiary/aromatic N) is 2. The van der Waals surface area contributed by atoms with Crippen molar-refractivity contribution < 1.29 is 4.74 Å². The minimum atomic E-state index is 0.614. The lowest BCUT2D eigenvalue weighted by molar-refractivity contribution is 0.408. The van der Waals surface area contributed by atoms with Crippen LogP contribution >= 0.6 is 0 Å². The van der Waals surface area contributed by atoms with Crippen LogP contribution < -0.4 is 10.2 Å². The maximum Gasteiger partial charge on any atom is 0.123 e. The average Bonchev–Trinajstić information content (AvgIpc) is 3.10. The van der Waals surface area contributed by atoms with Gasteiger partial charge in [-0.05, 0) is 24.6 Å². The Kier molecular flexibility index (Phi) is 5.61. The van der Waals surface area contributed by atoms with E-state index in [0.29, 0.717) is 6.54 Å². The van der Waals surface area contributed by atoms with Gasteiger partial charge in [-0.15, -0.1) is 0 Å². The molecule has 0 atom stereocenters. The molecule has 1 heterocycles. The van der Waals surface area contributed by atoms with E-state index >= 15 is 0 Å². The van der Waals surface area contributed by atoms with Gasteiger partial charge in [0.1, 0.15) is 5.75 Å². The molecule has 1 aromatic heterocycles. The van der Waals surface area contributed by atoms with Crippen molar-refractivity contribution in [3.05, 3.63) is 101 Å². The second kappa shape index (κ2) is 8.65. The molecule has 3 aromatic carbocycles. The molecule has 4 nitrogen and oxygen atoms in total. The molecular formula is C25H25N3O. The number of hydrogen-bond donors (Lipinski definition) is 1. The van der Waals surface area contributed by atoms with Gasteiger partial charge in [0.05, 0.1) is 19.9 Å². The van der Waals surface area contributed by atoms with Crippen molar-refractivity contribution in [1.82, 2.24) is 9.99 Å². The maximum absolute atomic E-state index is 5.39. The number of rotatable bonds is 7. The smallest absolute Gasteiger partial charge is 0.123 e. The van der Waals surface area contributed by atoms with E-state index in [1.165, 1.54) is 22.0 Å². The summed E-state index contributed by atoms with van der Waals surface area (Å²) in [5.74, 6) is 0.866. The van der Waals surface area contributed by atoms with Crippen molar-refractivity contribution in [1.29, 1.82) is 0 Å². The fourth-order valence-corrected chi connectivity index (χ4v) is 3.49. The summed E-state index contributed by atoms with van der Waals surface area (Å²) in [4.78, 5) is 0. The highest BCUT2D eigenvalue weighted by molar-refractivity contribution is 5.99. The number of aryl methyl sites for hydroxylation is 1. The number of nitrogens with one attached hydrogen (secondary N) is 1. The summed E-state index contributed by atoms with van der Waals surface area (Å²) < 4.78 is 7.67. The Morgan fingerprint density at radius 3 is 2.55 bits per heavy atom. The number of aromatic nitrogens is 1. The van der Waals surface area contributed by atoms with Gasteiger partial charge in [0, 0.05) is 34.8 Å². The van der Waals surface area contributed by atoms with Crippen molar-refractivity contribution in [2.45, 2.75) is 20.0 Å². The summed E-state index contributed by atoms with van der Waals surface area (Å²) in [6, 6.07) is 25.1. The van der Waals surface area contributed by atoms with Gasteiger partial charge in [-0.1, -0.05) is 66.2 Å². The summed E-state index contributed by atoms with van der Waals surface area (Å²) in [6.45, 7) is 3.56. The van der Waals surface area contributed by atoms with Crippen LogP contribution in [0.25, 0.3) is 10.9 Å². The lowest BCUT2D eigenvalue weighted by atomic mass is 10.1. The topological polar surface area (TPSA) is 38.5 Å². The molecule has 0 fully saturated rings. The third-order valence-electron chi connectivity index (χ3n) is 5.05. The van der Waals surface area contributed by atoms with E-state index in [1.807, 2.05) is 30.5 Å². The Morgan fingerprint density at radius 1 is 0.966 bits per heavy atom. The monoisotopic (exact) mass is 383 g/mol. The second-order valence-electron chi connectivity index (χ2n) is 7.12. The first-order chi connectivity index (χ1) is 14.2. The lowest BCUT2D eigenvalue weighted by Gasteiger charge is -2.07. The number of methoxy groups -OCH3 is 1. The number of para-hydroxylation sites is 2. The van der Waals surface area contributed by atoms with Gasteiger partial charge in [-0.2, -0.15) is 5.10 Å². The van der Waals surface area contributed by atoms with Crippen molar-refractivity contribution >= 4 is 17.1 Å². The van der Waals surface area contributed by atoms with Crippen LogP contribution in [0.2, 0.25) is 0 Å². The molecule has 4 rings (SSSR count). The number of hydrazone groups is 1. The highest BCUT2D eigenvalue weighted by Gasteiger charge is 2.07. The van der Waals surface area contributed by atoms with E-state index in [2.05, 4.69) is 76.7 Å². The first-order valence-electron chi connectivity index (χ1n) is 9.76. The predicted molar refractivity (Wildman–Crippen MR) is 120 cm³/mol. The fourth-order valence-electron chi connectivity index (χ4n) is 3.49. The number of ether oxygens (including phenoxy) is 1. The van der Waals surface area contributed by atoms with E-state index < -0.39 is 0 Å². The van der Waals surface area contributed by atoms with Gasteiger partial charge in [-0.25, -0.2) is 0 Å². The van der Waals surface area contributed by atoms with Crippen LogP contribution in [-0.4, -0.2) is 17.9 Å². The predicted octanol–water partition coefficient (Wildman–Crippen LogP) is 5.13. The molecule has 0 saturated heterocycles. The molecule has 0 radical (unpaired) electrons. The normalized spacial score (nSPS) is 11.2. The molecule has 29 heavy (non-hydrogen) atoms. The Hall–Kier alpha value is -3.53. The zero-order chi connectivity index (χ0) is 20.1. The molecule has 0 amide bonds. The molecule has 0 spiro atoms. The van der Waals surface area contributed by atoms with E-state index in [-0.39, 0.29) is 0 Å². The van der Waals surface area contributed by atoms with Crippen LogP contribution in [0, 0.1) is 6.92 Å². The van der Waals surface area contributed by atoms with E-state index in [1.54, 1.807) is 7.11 Å². The molecule has 0 aliphatic carbocycles. The minimum Gasteiger partial charge on any atom is -0.496 e. The average molecular weight is 383 g/mol. The van der Waals surface area contributed by atoms with Gasteiger partial charge >= 0.3 is 0 Å². The van der Waals surface area contributed by atoms with Crippen LogP contribution in [0.1, 0.15) is 22.3 Å². The molecule has 0 aliphatic heterocycles. The van der Waals surface area contributed by atoms with E-state index in [0.717, 1.165) is 23.4 Å². The molecule has 146 valence electrons. The number of hydrogen-bond acceptors (Lipinski definition) is 3. The summed E-state index contributed by atoms with van der Waals surface area (Å²) >= 11 is 0. The molecule has 0 bridgehead atoms. The molecular weight excluding hydrogens is 358 g/mol. The Balaban J connectivity index is 1.53. The molecule has 4 heteroatoms.